The molecule has 2 N–H and O–H groups in total. The zero-order valence-corrected chi connectivity index (χ0v) is 15.1. The minimum absolute atomic E-state index is 0.162. The molecular formula is C16H17N7O2S. The zero-order chi connectivity index (χ0) is 18.5. The van der Waals surface area contributed by atoms with Gasteiger partial charge in [-0.05, 0) is 25.1 Å². The Bertz CT molecular complexity index is 957. The molecule has 2 heterocycles. The molecule has 1 aromatic carbocycles. The van der Waals surface area contributed by atoms with Crippen molar-refractivity contribution in [2.45, 2.75) is 25.4 Å². The highest BCUT2D eigenvalue weighted by Gasteiger charge is 2.13. The van der Waals surface area contributed by atoms with Gasteiger partial charge >= 0.3 is 0 Å². The van der Waals surface area contributed by atoms with Gasteiger partial charge in [-0.15, -0.1) is 5.10 Å². The molecule has 0 saturated heterocycles. The van der Waals surface area contributed by atoms with Crippen molar-refractivity contribution in [2.75, 3.05) is 16.4 Å². The van der Waals surface area contributed by atoms with Crippen molar-refractivity contribution >= 4 is 46.1 Å². The highest BCUT2D eigenvalue weighted by Crippen LogP contribution is 2.23. The summed E-state index contributed by atoms with van der Waals surface area (Å²) < 4.78 is 1.68. The predicted octanol–water partition coefficient (Wildman–Crippen LogP) is 1.93. The average Bonchev–Trinajstić information content (AvgIpc) is 3.03. The first-order chi connectivity index (χ1) is 12.6. The van der Waals surface area contributed by atoms with Crippen molar-refractivity contribution in [3.63, 3.8) is 0 Å². The highest BCUT2D eigenvalue weighted by molar-refractivity contribution is 8.00. The Morgan fingerprint density at radius 2 is 1.96 bits per heavy atom. The molecule has 2 amide bonds. The normalized spacial score (nSPS) is 10.7. The van der Waals surface area contributed by atoms with E-state index < -0.39 is 0 Å². The molecule has 0 fully saturated rings. The van der Waals surface area contributed by atoms with Gasteiger partial charge in [0.05, 0.1) is 5.75 Å². The Morgan fingerprint density at radius 1 is 1.19 bits per heavy atom. The fourth-order valence-corrected chi connectivity index (χ4v) is 3.03. The Morgan fingerprint density at radius 3 is 2.69 bits per heavy atom. The van der Waals surface area contributed by atoms with Gasteiger partial charge in [0.15, 0.2) is 11.2 Å². The molecule has 9 nitrogen and oxygen atoms in total. The van der Waals surface area contributed by atoms with Crippen LogP contribution in [0.4, 0.5) is 11.4 Å². The van der Waals surface area contributed by atoms with Gasteiger partial charge in [-0.2, -0.15) is 0 Å². The Balaban J connectivity index is 1.64. The van der Waals surface area contributed by atoms with Gasteiger partial charge in [0.2, 0.25) is 11.8 Å². The third-order valence-electron chi connectivity index (χ3n) is 3.37. The number of benzene rings is 1. The Labute approximate surface area is 153 Å². The molecule has 0 aliphatic rings. The van der Waals surface area contributed by atoms with Crippen LogP contribution in [-0.2, 0) is 16.1 Å². The van der Waals surface area contributed by atoms with Crippen LogP contribution in [-0.4, -0.2) is 42.5 Å². The third kappa shape index (κ3) is 4.14. The van der Waals surface area contributed by atoms with Crippen molar-refractivity contribution in [1.82, 2.24) is 25.0 Å². The van der Waals surface area contributed by atoms with Crippen molar-refractivity contribution in [1.29, 1.82) is 0 Å². The standard InChI is InChI=1S/C16H17N7O2S/c1-3-23-15-14(21-22-23)16(18-9-17-15)26-8-13(25)20-12-6-4-5-11(7-12)19-10(2)24/h4-7,9H,3,8H2,1-2H3,(H,19,24)(H,20,25). The first kappa shape index (κ1) is 17.8. The van der Waals surface area contributed by atoms with Crippen LogP contribution in [0.1, 0.15) is 13.8 Å². The summed E-state index contributed by atoms with van der Waals surface area (Å²) in [6.07, 6.45) is 1.44. The lowest BCUT2D eigenvalue weighted by Gasteiger charge is -2.07. The van der Waals surface area contributed by atoms with Crippen molar-refractivity contribution in [2.24, 2.45) is 0 Å². The quantitative estimate of drug-likeness (QED) is 0.502. The van der Waals surface area contributed by atoms with Gasteiger partial charge in [-0.1, -0.05) is 23.0 Å². The van der Waals surface area contributed by atoms with Gasteiger partial charge < -0.3 is 10.6 Å². The fourth-order valence-electron chi connectivity index (χ4n) is 2.30. The summed E-state index contributed by atoms with van der Waals surface area (Å²) in [6, 6.07) is 6.95. The van der Waals surface area contributed by atoms with Crippen LogP contribution in [0, 0.1) is 0 Å². The molecule has 3 rings (SSSR count). The number of aromatic nitrogens is 5. The number of nitrogens with one attached hydrogen (secondary N) is 2. The van der Waals surface area contributed by atoms with Gasteiger partial charge in [0, 0.05) is 24.8 Å². The molecule has 26 heavy (non-hydrogen) atoms. The van der Waals surface area contributed by atoms with Crippen LogP contribution in [0.15, 0.2) is 35.6 Å². The molecule has 0 bridgehead atoms. The lowest BCUT2D eigenvalue weighted by atomic mass is 10.2. The van der Waals surface area contributed by atoms with E-state index in [2.05, 4.69) is 30.9 Å². The number of thioether (sulfide) groups is 1. The lowest BCUT2D eigenvalue weighted by Crippen LogP contribution is -2.14. The molecule has 0 spiro atoms. The molecule has 0 atom stereocenters. The van der Waals surface area contributed by atoms with Crippen molar-refractivity contribution in [3.8, 4) is 0 Å². The van der Waals surface area contributed by atoms with E-state index in [9.17, 15) is 9.59 Å². The second-order valence-corrected chi connectivity index (χ2v) is 6.32. The molecule has 0 aliphatic heterocycles. The van der Waals surface area contributed by atoms with E-state index >= 15 is 0 Å². The minimum Gasteiger partial charge on any atom is -0.326 e. The van der Waals surface area contributed by atoms with Crippen LogP contribution < -0.4 is 10.6 Å². The lowest BCUT2D eigenvalue weighted by molar-refractivity contribution is -0.114. The van der Waals surface area contributed by atoms with E-state index in [1.54, 1.807) is 28.9 Å². The maximum atomic E-state index is 12.2. The van der Waals surface area contributed by atoms with Crippen LogP contribution in [0.25, 0.3) is 11.2 Å². The zero-order valence-electron chi connectivity index (χ0n) is 14.3. The van der Waals surface area contributed by atoms with Crippen LogP contribution >= 0.6 is 11.8 Å². The number of anilines is 2. The molecule has 134 valence electrons. The summed E-state index contributed by atoms with van der Waals surface area (Å²) in [7, 11) is 0. The van der Waals surface area contributed by atoms with Crippen molar-refractivity contribution < 1.29 is 9.59 Å². The number of hydrogen-bond donors (Lipinski definition) is 2. The summed E-state index contributed by atoms with van der Waals surface area (Å²) in [6.45, 7) is 4.04. The second-order valence-electron chi connectivity index (χ2n) is 5.36. The van der Waals surface area contributed by atoms with E-state index in [0.717, 1.165) is 0 Å². The average molecular weight is 371 g/mol. The summed E-state index contributed by atoms with van der Waals surface area (Å²) in [5.74, 6) is -0.198. The van der Waals surface area contributed by atoms with Crippen LogP contribution in [0.3, 0.4) is 0 Å². The van der Waals surface area contributed by atoms with Crippen LogP contribution in [0.5, 0.6) is 0 Å². The Kier molecular flexibility index (Phi) is 5.42. The molecule has 3 aromatic rings. The first-order valence-corrected chi connectivity index (χ1v) is 8.90. The molecule has 2 aromatic heterocycles. The van der Waals surface area contributed by atoms with Gasteiger partial charge in [-0.3, -0.25) is 9.59 Å². The smallest absolute Gasteiger partial charge is 0.234 e. The molecule has 0 aliphatic carbocycles. The molecular weight excluding hydrogens is 354 g/mol. The summed E-state index contributed by atoms with van der Waals surface area (Å²) in [4.78, 5) is 31.7. The number of amides is 2. The number of carbonyl (C=O) groups excluding carboxylic acids is 2. The predicted molar refractivity (Wildman–Crippen MR) is 98.9 cm³/mol. The molecule has 0 radical (unpaired) electrons. The third-order valence-corrected chi connectivity index (χ3v) is 4.35. The number of carbonyl (C=O) groups is 2. The fraction of sp³-hybridized carbons (Fsp3) is 0.250. The molecule has 0 unspecified atom stereocenters. The second kappa shape index (κ2) is 7.91. The summed E-state index contributed by atoms with van der Waals surface area (Å²) in [5, 5.41) is 14.2. The van der Waals surface area contributed by atoms with Gasteiger partial charge in [0.25, 0.3) is 0 Å². The van der Waals surface area contributed by atoms with E-state index in [1.165, 1.54) is 25.0 Å². The number of hydrogen-bond acceptors (Lipinski definition) is 7. The maximum absolute atomic E-state index is 12.2. The van der Waals surface area contributed by atoms with E-state index in [-0.39, 0.29) is 17.6 Å². The van der Waals surface area contributed by atoms with E-state index in [0.29, 0.717) is 34.1 Å². The number of fused-ring (bicyclic) bond motifs is 1. The van der Waals surface area contributed by atoms with Gasteiger partial charge in [0.1, 0.15) is 11.4 Å². The first-order valence-electron chi connectivity index (χ1n) is 7.91. The Hall–Kier alpha value is -3.01. The van der Waals surface area contributed by atoms with E-state index in [4.69, 9.17) is 0 Å². The molecule has 10 heteroatoms. The topological polar surface area (TPSA) is 115 Å². The number of nitrogens with zero attached hydrogens (tertiary/aromatic N) is 5. The summed E-state index contributed by atoms with van der Waals surface area (Å²) in [5.41, 5.74) is 2.46. The maximum Gasteiger partial charge on any atom is 0.234 e. The van der Waals surface area contributed by atoms with E-state index in [1.807, 2.05) is 6.92 Å². The van der Waals surface area contributed by atoms with Crippen LogP contribution in [0.2, 0.25) is 0 Å². The number of rotatable bonds is 6. The van der Waals surface area contributed by atoms with Crippen molar-refractivity contribution in [3.05, 3.63) is 30.6 Å². The number of aryl methyl sites for hydroxylation is 1. The molecule has 0 saturated carbocycles. The highest BCUT2D eigenvalue weighted by atomic mass is 32.2. The minimum atomic E-state index is -0.190. The SMILES string of the molecule is CCn1nnc2c(SCC(=O)Nc3cccc(NC(C)=O)c3)ncnc21. The van der Waals surface area contributed by atoms with Gasteiger partial charge in [-0.25, -0.2) is 14.6 Å². The summed E-state index contributed by atoms with van der Waals surface area (Å²) >= 11 is 1.27. The largest absolute Gasteiger partial charge is 0.326 e. The monoisotopic (exact) mass is 371 g/mol.